The maximum absolute atomic E-state index is 12.4. The molecule has 6 heteroatoms. The van der Waals surface area contributed by atoms with Crippen LogP contribution in [0.1, 0.15) is 37.6 Å². The highest BCUT2D eigenvalue weighted by atomic mass is 19.4. The molecule has 1 amide bonds. The Morgan fingerprint density at radius 1 is 1.53 bits per heavy atom. The minimum Gasteiger partial charge on any atom is -0.350 e. The summed E-state index contributed by atoms with van der Waals surface area (Å²) >= 11 is 0. The Balaban J connectivity index is 2.88. The van der Waals surface area contributed by atoms with Gasteiger partial charge in [0, 0.05) is 12.6 Å². The average molecular weight is 246 g/mol. The molecule has 1 rings (SSSR count). The molecule has 0 aromatic carbocycles. The Hall–Kier alpha value is -1.59. The minimum atomic E-state index is -4.47. The van der Waals surface area contributed by atoms with Gasteiger partial charge in [-0.3, -0.25) is 9.78 Å². The van der Waals surface area contributed by atoms with E-state index in [1.54, 1.807) is 13.8 Å². The fourth-order valence-electron chi connectivity index (χ4n) is 1.30. The molecule has 1 N–H and O–H groups in total. The Kier molecular flexibility index (Phi) is 4.09. The number of amides is 1. The molecule has 17 heavy (non-hydrogen) atoms. The van der Waals surface area contributed by atoms with Crippen molar-refractivity contribution >= 4 is 5.91 Å². The number of pyridine rings is 1. The van der Waals surface area contributed by atoms with Crippen molar-refractivity contribution in [1.29, 1.82) is 0 Å². The van der Waals surface area contributed by atoms with Gasteiger partial charge in [0.1, 0.15) is 5.69 Å². The highest BCUT2D eigenvalue weighted by molar-refractivity contribution is 5.75. The van der Waals surface area contributed by atoms with Gasteiger partial charge in [-0.2, -0.15) is 13.2 Å². The van der Waals surface area contributed by atoms with Crippen LogP contribution in [0.15, 0.2) is 18.3 Å². The van der Waals surface area contributed by atoms with Crippen molar-refractivity contribution < 1.29 is 18.0 Å². The second-order valence-corrected chi connectivity index (χ2v) is 3.61. The molecule has 0 fully saturated rings. The molecule has 0 spiro atoms. The summed E-state index contributed by atoms with van der Waals surface area (Å²) in [6.07, 6.45) is -3.08. The van der Waals surface area contributed by atoms with E-state index in [0.29, 0.717) is 12.0 Å². The number of carbonyl (C=O) groups excluding carboxylic acids is 1. The molecular formula is C11H13F3N2O. The van der Waals surface area contributed by atoms with Crippen LogP contribution in [0, 0.1) is 0 Å². The quantitative estimate of drug-likeness (QED) is 0.890. The number of halogens is 3. The molecule has 1 unspecified atom stereocenters. The lowest BCUT2D eigenvalue weighted by Crippen LogP contribution is -2.26. The van der Waals surface area contributed by atoms with Crippen molar-refractivity contribution in [1.82, 2.24) is 10.3 Å². The summed E-state index contributed by atoms with van der Waals surface area (Å²) < 4.78 is 37.2. The predicted molar refractivity (Wildman–Crippen MR) is 56.1 cm³/mol. The molecule has 0 radical (unpaired) electrons. The number of hydrogen-bond acceptors (Lipinski definition) is 2. The first-order chi connectivity index (χ1) is 7.84. The monoisotopic (exact) mass is 246 g/mol. The number of nitrogens with zero attached hydrogens (tertiary/aromatic N) is 1. The summed E-state index contributed by atoms with van der Waals surface area (Å²) in [5, 5.41) is 2.59. The number of hydrogen-bond donors (Lipinski definition) is 1. The molecule has 1 aromatic rings. The third kappa shape index (κ3) is 3.72. The Morgan fingerprint density at radius 2 is 2.18 bits per heavy atom. The number of aromatic nitrogens is 1. The zero-order chi connectivity index (χ0) is 13.1. The minimum absolute atomic E-state index is 0.206. The summed E-state index contributed by atoms with van der Waals surface area (Å²) in [5.74, 6) is -0.206. The largest absolute Gasteiger partial charge is 0.433 e. The number of alkyl halides is 3. The van der Waals surface area contributed by atoms with Gasteiger partial charge in [-0.25, -0.2) is 0 Å². The second kappa shape index (κ2) is 5.16. The van der Waals surface area contributed by atoms with Gasteiger partial charge in [0.2, 0.25) is 5.91 Å². The summed E-state index contributed by atoms with van der Waals surface area (Å²) in [7, 11) is 0. The van der Waals surface area contributed by atoms with Crippen LogP contribution in [-0.2, 0) is 11.0 Å². The predicted octanol–water partition coefficient (Wildman–Crippen LogP) is 2.69. The summed E-state index contributed by atoms with van der Waals surface area (Å²) in [6, 6.07) is 1.93. The van der Waals surface area contributed by atoms with E-state index in [4.69, 9.17) is 0 Å². The lowest BCUT2D eigenvalue weighted by atomic mass is 10.1. The Labute approximate surface area is 97.0 Å². The maximum Gasteiger partial charge on any atom is 0.433 e. The van der Waals surface area contributed by atoms with E-state index in [1.165, 1.54) is 6.07 Å². The van der Waals surface area contributed by atoms with Crippen LogP contribution in [-0.4, -0.2) is 10.9 Å². The maximum atomic E-state index is 12.4. The van der Waals surface area contributed by atoms with Gasteiger partial charge in [0.15, 0.2) is 0 Å². The zero-order valence-electron chi connectivity index (χ0n) is 9.51. The molecule has 0 aliphatic rings. The summed E-state index contributed by atoms with van der Waals surface area (Å²) in [6.45, 7) is 3.30. The van der Waals surface area contributed by atoms with Crippen LogP contribution in [0.2, 0.25) is 0 Å². The molecule has 94 valence electrons. The third-order valence-corrected chi connectivity index (χ3v) is 2.27. The third-order valence-electron chi connectivity index (χ3n) is 2.27. The van der Waals surface area contributed by atoms with Gasteiger partial charge in [-0.1, -0.05) is 6.92 Å². The Morgan fingerprint density at radius 3 is 2.71 bits per heavy atom. The first-order valence-corrected chi connectivity index (χ1v) is 5.17. The van der Waals surface area contributed by atoms with Crippen molar-refractivity contribution in [3.05, 3.63) is 29.6 Å². The van der Waals surface area contributed by atoms with Crippen molar-refractivity contribution in [2.45, 2.75) is 32.5 Å². The standard InChI is InChI=1S/C11H13F3N2O/c1-3-10(17)16-7(2)8-4-5-15-9(6-8)11(12,13)14/h4-7H,3H2,1-2H3,(H,16,17). The van der Waals surface area contributed by atoms with Crippen LogP contribution < -0.4 is 5.32 Å². The summed E-state index contributed by atoms with van der Waals surface area (Å²) in [4.78, 5) is 14.4. The topological polar surface area (TPSA) is 42.0 Å². The second-order valence-electron chi connectivity index (χ2n) is 3.61. The van der Waals surface area contributed by atoms with E-state index in [9.17, 15) is 18.0 Å². The average Bonchev–Trinajstić information content (AvgIpc) is 2.28. The van der Waals surface area contributed by atoms with E-state index in [-0.39, 0.29) is 5.91 Å². The molecule has 1 aromatic heterocycles. The molecule has 1 atom stereocenters. The Bertz CT molecular complexity index is 404. The first-order valence-electron chi connectivity index (χ1n) is 5.17. The van der Waals surface area contributed by atoms with Gasteiger partial charge in [-0.15, -0.1) is 0 Å². The number of rotatable bonds is 3. The van der Waals surface area contributed by atoms with E-state index in [1.807, 2.05) is 0 Å². The SMILES string of the molecule is CCC(=O)NC(C)c1ccnc(C(F)(F)F)c1. The van der Waals surface area contributed by atoms with Crippen LogP contribution in [0.25, 0.3) is 0 Å². The molecular weight excluding hydrogens is 233 g/mol. The van der Waals surface area contributed by atoms with Crippen molar-refractivity contribution in [2.75, 3.05) is 0 Å². The van der Waals surface area contributed by atoms with Crippen LogP contribution in [0.3, 0.4) is 0 Å². The van der Waals surface area contributed by atoms with Gasteiger partial charge in [-0.05, 0) is 24.6 Å². The smallest absolute Gasteiger partial charge is 0.350 e. The molecule has 0 bridgehead atoms. The zero-order valence-corrected chi connectivity index (χ0v) is 9.51. The van der Waals surface area contributed by atoms with E-state index in [0.717, 1.165) is 12.3 Å². The van der Waals surface area contributed by atoms with Gasteiger partial charge in [0.05, 0.1) is 6.04 Å². The normalized spacial score (nSPS) is 13.2. The van der Waals surface area contributed by atoms with E-state index < -0.39 is 17.9 Å². The van der Waals surface area contributed by atoms with E-state index >= 15 is 0 Å². The molecule has 0 saturated heterocycles. The van der Waals surface area contributed by atoms with Crippen molar-refractivity contribution in [2.24, 2.45) is 0 Å². The lowest BCUT2D eigenvalue weighted by Gasteiger charge is -2.15. The van der Waals surface area contributed by atoms with Crippen LogP contribution in [0.4, 0.5) is 13.2 Å². The molecule has 0 saturated carbocycles. The lowest BCUT2D eigenvalue weighted by molar-refractivity contribution is -0.141. The first kappa shape index (κ1) is 13.5. The molecule has 0 aliphatic carbocycles. The van der Waals surface area contributed by atoms with Crippen molar-refractivity contribution in [3.63, 3.8) is 0 Å². The fourth-order valence-corrected chi connectivity index (χ4v) is 1.30. The summed E-state index contributed by atoms with van der Waals surface area (Å²) in [5.41, 5.74) is -0.568. The van der Waals surface area contributed by atoms with Crippen molar-refractivity contribution in [3.8, 4) is 0 Å². The van der Waals surface area contributed by atoms with Crippen LogP contribution in [0.5, 0.6) is 0 Å². The van der Waals surface area contributed by atoms with Gasteiger partial charge < -0.3 is 5.32 Å². The molecule has 1 heterocycles. The molecule has 0 aliphatic heterocycles. The van der Waals surface area contributed by atoms with Gasteiger partial charge in [0.25, 0.3) is 0 Å². The van der Waals surface area contributed by atoms with E-state index in [2.05, 4.69) is 10.3 Å². The number of nitrogens with one attached hydrogen (secondary N) is 1. The highest BCUT2D eigenvalue weighted by Crippen LogP contribution is 2.28. The fraction of sp³-hybridized carbons (Fsp3) is 0.455. The van der Waals surface area contributed by atoms with Crippen LogP contribution >= 0.6 is 0 Å². The molecule has 3 nitrogen and oxygen atoms in total. The highest BCUT2D eigenvalue weighted by Gasteiger charge is 2.32. The van der Waals surface area contributed by atoms with Gasteiger partial charge >= 0.3 is 6.18 Å². The number of carbonyl (C=O) groups is 1.